The summed E-state index contributed by atoms with van der Waals surface area (Å²) in [5.74, 6) is -2.78. The fraction of sp³-hybridized carbons (Fsp3) is 0.406. The molecule has 3 aromatic rings. The second-order valence-corrected chi connectivity index (χ2v) is 11.5. The summed E-state index contributed by atoms with van der Waals surface area (Å²) in [4.78, 5) is 73.4. The van der Waals surface area contributed by atoms with Gasteiger partial charge in [0.1, 0.15) is 24.7 Å². The van der Waals surface area contributed by atoms with E-state index in [-0.39, 0.29) is 32.5 Å². The number of ether oxygens (including phenoxy) is 1. The fourth-order valence-electron chi connectivity index (χ4n) is 5.92. The number of carbonyl (C=O) groups excluding carboxylic acids is 5. The number of fused-ring (bicyclic) bond motifs is 2. The quantitative estimate of drug-likeness (QED) is 0.268. The van der Waals surface area contributed by atoms with Crippen molar-refractivity contribution in [3.05, 3.63) is 71.9 Å². The fourth-order valence-corrected chi connectivity index (χ4v) is 5.92. The zero-order chi connectivity index (χ0) is 32.1. The van der Waals surface area contributed by atoms with Gasteiger partial charge in [-0.05, 0) is 24.1 Å². The van der Waals surface area contributed by atoms with E-state index < -0.39 is 66.4 Å². The highest BCUT2D eigenvalue weighted by molar-refractivity contribution is 5.96. The first kappa shape index (κ1) is 31.7. The van der Waals surface area contributed by atoms with Crippen LogP contribution in [0.3, 0.4) is 0 Å². The number of rotatable bonds is 5. The number of amides is 5. The molecule has 3 heterocycles. The molecule has 5 amide bonds. The number of aliphatic hydroxyl groups is 1. The molecule has 45 heavy (non-hydrogen) atoms. The van der Waals surface area contributed by atoms with E-state index in [9.17, 15) is 29.1 Å². The molecule has 0 aliphatic carbocycles. The molecule has 2 aromatic carbocycles. The van der Waals surface area contributed by atoms with Crippen molar-refractivity contribution in [3.8, 4) is 0 Å². The van der Waals surface area contributed by atoms with Gasteiger partial charge in [0.2, 0.25) is 29.5 Å². The third-order valence-corrected chi connectivity index (χ3v) is 8.23. The van der Waals surface area contributed by atoms with E-state index in [2.05, 4.69) is 20.9 Å². The Morgan fingerprint density at radius 3 is 2.44 bits per heavy atom. The van der Waals surface area contributed by atoms with E-state index in [0.29, 0.717) is 5.56 Å². The minimum absolute atomic E-state index is 0.0222. The number of aromatic amines is 1. The van der Waals surface area contributed by atoms with Crippen LogP contribution in [0.25, 0.3) is 10.9 Å². The summed E-state index contributed by atoms with van der Waals surface area (Å²) in [6.45, 7) is 0.599. The normalized spacial score (nSPS) is 25.2. The van der Waals surface area contributed by atoms with Crippen LogP contribution in [-0.4, -0.2) is 107 Å². The van der Waals surface area contributed by atoms with Gasteiger partial charge in [0.15, 0.2) is 0 Å². The number of aromatic nitrogens is 1. The predicted octanol–water partition coefficient (Wildman–Crippen LogP) is 0.00780. The maximum Gasteiger partial charge on any atom is 0.249 e. The highest BCUT2D eigenvalue weighted by Gasteiger charge is 2.42. The molecule has 2 fully saturated rings. The number of aliphatic hydroxyl groups excluding tert-OH is 1. The highest BCUT2D eigenvalue weighted by atomic mass is 16.5. The first-order valence-electron chi connectivity index (χ1n) is 14.9. The van der Waals surface area contributed by atoms with Gasteiger partial charge in [-0.15, -0.1) is 0 Å². The Bertz CT molecular complexity index is 1560. The molecule has 13 heteroatoms. The van der Waals surface area contributed by atoms with Crippen molar-refractivity contribution in [2.45, 2.75) is 50.0 Å². The lowest BCUT2D eigenvalue weighted by atomic mass is 10.0. The Hall–Kier alpha value is -4.75. The Labute approximate surface area is 260 Å². The van der Waals surface area contributed by atoms with Crippen molar-refractivity contribution >= 4 is 40.4 Å². The average Bonchev–Trinajstić information content (AvgIpc) is 3.63. The van der Waals surface area contributed by atoms with Crippen LogP contribution in [0.1, 0.15) is 30.5 Å². The van der Waals surface area contributed by atoms with Crippen molar-refractivity contribution in [2.75, 3.05) is 33.4 Å². The summed E-state index contributed by atoms with van der Waals surface area (Å²) in [7, 11) is 1.36. The molecular weight excluding hydrogens is 580 g/mol. The highest BCUT2D eigenvalue weighted by Crippen LogP contribution is 2.24. The third-order valence-electron chi connectivity index (χ3n) is 8.23. The monoisotopic (exact) mass is 618 g/mol. The van der Waals surface area contributed by atoms with Crippen molar-refractivity contribution in [3.63, 3.8) is 0 Å². The second-order valence-electron chi connectivity index (χ2n) is 11.5. The van der Waals surface area contributed by atoms with Gasteiger partial charge in [0.05, 0.1) is 18.7 Å². The van der Waals surface area contributed by atoms with Crippen LogP contribution in [-0.2, 0) is 35.1 Å². The molecule has 13 nitrogen and oxygen atoms in total. The van der Waals surface area contributed by atoms with Gasteiger partial charge in [-0.1, -0.05) is 48.5 Å². The van der Waals surface area contributed by atoms with Gasteiger partial charge in [0.25, 0.3) is 0 Å². The molecule has 0 radical (unpaired) electrons. The maximum atomic E-state index is 14.1. The molecule has 0 bridgehead atoms. The summed E-state index contributed by atoms with van der Waals surface area (Å²) in [5, 5.41) is 19.8. The van der Waals surface area contributed by atoms with Crippen LogP contribution in [0.4, 0.5) is 0 Å². The summed E-state index contributed by atoms with van der Waals surface area (Å²) < 4.78 is 5.07. The molecule has 0 saturated carbocycles. The van der Waals surface area contributed by atoms with Crippen LogP contribution in [0.15, 0.2) is 60.8 Å². The van der Waals surface area contributed by atoms with Crippen molar-refractivity contribution < 1.29 is 33.8 Å². The van der Waals surface area contributed by atoms with Gasteiger partial charge in [-0.25, -0.2) is 0 Å². The van der Waals surface area contributed by atoms with Gasteiger partial charge >= 0.3 is 0 Å². The molecule has 5 atom stereocenters. The molecule has 2 saturated heterocycles. The first-order chi connectivity index (χ1) is 21.6. The molecule has 0 spiro atoms. The molecule has 2 aliphatic rings. The van der Waals surface area contributed by atoms with Crippen molar-refractivity contribution in [1.82, 2.24) is 30.7 Å². The van der Waals surface area contributed by atoms with E-state index >= 15 is 0 Å². The molecular formula is C32H38N6O7. The van der Waals surface area contributed by atoms with Crippen LogP contribution in [0.2, 0.25) is 0 Å². The Balaban J connectivity index is 1.52. The zero-order valence-corrected chi connectivity index (χ0v) is 25.2. The Kier molecular flexibility index (Phi) is 9.79. The Morgan fingerprint density at radius 1 is 0.956 bits per heavy atom. The van der Waals surface area contributed by atoms with Crippen molar-refractivity contribution in [1.29, 1.82) is 0 Å². The Morgan fingerprint density at radius 2 is 1.69 bits per heavy atom. The van der Waals surface area contributed by atoms with Gasteiger partial charge in [-0.2, -0.15) is 0 Å². The maximum absolute atomic E-state index is 14.1. The molecule has 1 aromatic heterocycles. The molecule has 0 unspecified atom stereocenters. The van der Waals surface area contributed by atoms with Gasteiger partial charge in [0, 0.05) is 50.1 Å². The summed E-state index contributed by atoms with van der Waals surface area (Å²) >= 11 is 0. The predicted molar refractivity (Wildman–Crippen MR) is 163 cm³/mol. The topological polar surface area (TPSA) is 173 Å². The SMILES string of the molecule is COCC(=O)N1CC(=O)N[C@H](Cc2c[nH]c3ccccc23)C(=O)N2C[C@H](O)C[C@H]2C(=O)N[C@@H](C)C(=O)N[C@H](c2ccccc2)C1. The number of H-pyrrole nitrogens is 1. The number of nitrogens with one attached hydrogen (secondary N) is 4. The third kappa shape index (κ3) is 7.32. The van der Waals surface area contributed by atoms with Crippen LogP contribution in [0, 0.1) is 0 Å². The smallest absolute Gasteiger partial charge is 0.249 e. The van der Waals surface area contributed by atoms with Gasteiger partial charge < -0.3 is 40.6 Å². The number of para-hydroxylation sites is 1. The molecule has 238 valence electrons. The molecule has 5 N–H and O–H groups in total. The summed E-state index contributed by atoms with van der Waals surface area (Å²) in [6, 6.07) is 12.6. The first-order valence-corrected chi connectivity index (χ1v) is 14.9. The van der Waals surface area contributed by atoms with Gasteiger partial charge in [-0.3, -0.25) is 24.0 Å². The number of methoxy groups -OCH3 is 1. The van der Waals surface area contributed by atoms with E-state index in [0.717, 1.165) is 16.5 Å². The van der Waals surface area contributed by atoms with Crippen LogP contribution in [0.5, 0.6) is 0 Å². The molecule has 2 aliphatic heterocycles. The van der Waals surface area contributed by atoms with Crippen molar-refractivity contribution in [2.24, 2.45) is 0 Å². The lowest BCUT2D eigenvalue weighted by molar-refractivity contribution is -0.143. The van der Waals surface area contributed by atoms with E-state index in [4.69, 9.17) is 4.74 Å². The largest absolute Gasteiger partial charge is 0.391 e. The summed E-state index contributed by atoms with van der Waals surface area (Å²) in [5.41, 5.74) is 2.30. The minimum Gasteiger partial charge on any atom is -0.391 e. The van der Waals surface area contributed by atoms with Crippen LogP contribution >= 0.6 is 0 Å². The number of hydrogen-bond acceptors (Lipinski definition) is 7. The molecule has 5 rings (SSSR count). The number of nitrogens with zero attached hydrogens (tertiary/aromatic N) is 2. The number of benzene rings is 2. The lowest BCUT2D eigenvalue weighted by Gasteiger charge is -2.30. The average molecular weight is 619 g/mol. The summed E-state index contributed by atoms with van der Waals surface area (Å²) in [6.07, 6.45) is 0.859. The van der Waals surface area contributed by atoms with E-state index in [1.807, 2.05) is 30.3 Å². The number of hydrogen-bond donors (Lipinski definition) is 5. The van der Waals surface area contributed by atoms with E-state index in [1.54, 1.807) is 30.5 Å². The van der Waals surface area contributed by atoms with Crippen LogP contribution < -0.4 is 16.0 Å². The van der Waals surface area contributed by atoms with E-state index in [1.165, 1.54) is 23.8 Å². The lowest BCUT2D eigenvalue weighted by Crippen LogP contribution is -2.56. The minimum atomic E-state index is -1.12. The zero-order valence-electron chi connectivity index (χ0n) is 25.2. The second kappa shape index (κ2) is 13.9. The number of carbonyl (C=O) groups is 5. The standard InChI is InChI=1S/C32H38N6O7/c1-19-30(42)36-26(20-8-4-3-5-9-20)16-37(29(41)18-45-2)17-28(40)35-25(12-21-14-33-24-11-7-6-10-23(21)24)32(44)38-15-22(39)13-27(38)31(43)34-19/h3-11,14,19,22,25-27,33,39H,12-13,15-18H2,1-2H3,(H,34,43)(H,35,40)(H,36,42)/t19-,22+,25+,26-,27-/m0/s1.